The molecule has 3 unspecified atom stereocenters. The Morgan fingerprint density at radius 2 is 1.90 bits per heavy atom. The van der Waals surface area contributed by atoms with E-state index in [2.05, 4.69) is 50.5 Å². The van der Waals surface area contributed by atoms with Crippen LogP contribution in [0, 0.1) is 5.92 Å². The largest absolute Gasteiger partial charge is 0.355 e. The molecule has 7 nitrogen and oxygen atoms in total. The number of aromatic nitrogens is 1. The van der Waals surface area contributed by atoms with Crippen molar-refractivity contribution in [2.75, 3.05) is 17.7 Å². The molecule has 2 aromatic rings. The van der Waals surface area contributed by atoms with Crippen LogP contribution in [0.15, 0.2) is 30.5 Å². The summed E-state index contributed by atoms with van der Waals surface area (Å²) in [5.74, 6) is -0.476. The lowest BCUT2D eigenvalue weighted by Gasteiger charge is -2.26. The SMILES string of the molecule is C.CNC(C)C(=O)NC(C(=O)Nc1cnc(NC2CCCc3ccccc32)s1)C(C)C. The highest BCUT2D eigenvalue weighted by atomic mass is 32.1. The van der Waals surface area contributed by atoms with Gasteiger partial charge in [0.25, 0.3) is 0 Å². The molecule has 0 saturated carbocycles. The van der Waals surface area contributed by atoms with Crippen molar-refractivity contribution in [2.45, 2.75) is 65.6 Å². The van der Waals surface area contributed by atoms with E-state index >= 15 is 0 Å². The predicted octanol–water partition coefficient (Wildman–Crippen LogP) is 3.96. The Balaban J connectivity index is 0.00000341. The Kier molecular flexibility index (Phi) is 9.00. The molecule has 1 aliphatic rings. The summed E-state index contributed by atoms with van der Waals surface area (Å²) in [6.45, 7) is 5.58. The molecule has 4 N–H and O–H groups in total. The number of nitrogens with zero attached hydrogens (tertiary/aromatic N) is 1. The minimum absolute atomic E-state index is 0. The van der Waals surface area contributed by atoms with Crippen LogP contribution >= 0.6 is 11.3 Å². The highest BCUT2D eigenvalue weighted by Gasteiger charge is 2.26. The molecule has 3 rings (SSSR count). The Hall–Kier alpha value is -2.45. The van der Waals surface area contributed by atoms with E-state index in [0.717, 1.165) is 24.4 Å². The first-order valence-corrected chi connectivity index (χ1v) is 11.3. The maximum atomic E-state index is 12.8. The molecule has 8 heteroatoms. The van der Waals surface area contributed by atoms with Gasteiger partial charge < -0.3 is 21.3 Å². The predicted molar refractivity (Wildman–Crippen MR) is 129 cm³/mol. The summed E-state index contributed by atoms with van der Waals surface area (Å²) in [5, 5.41) is 13.6. The number of amides is 2. The fourth-order valence-corrected chi connectivity index (χ4v) is 4.37. The van der Waals surface area contributed by atoms with Gasteiger partial charge >= 0.3 is 0 Å². The van der Waals surface area contributed by atoms with Gasteiger partial charge in [0.2, 0.25) is 11.8 Å². The molecule has 31 heavy (non-hydrogen) atoms. The first-order chi connectivity index (χ1) is 14.4. The van der Waals surface area contributed by atoms with Crippen molar-refractivity contribution < 1.29 is 9.59 Å². The third-order valence-electron chi connectivity index (χ3n) is 5.49. The second-order valence-corrected chi connectivity index (χ2v) is 9.08. The normalized spacial score (nSPS) is 17.1. The number of likely N-dealkylation sites (N-methyl/N-ethyl adjacent to an activating group) is 1. The number of anilines is 2. The van der Waals surface area contributed by atoms with Gasteiger partial charge in [0, 0.05) is 0 Å². The molecule has 1 aliphatic carbocycles. The summed E-state index contributed by atoms with van der Waals surface area (Å²) >= 11 is 1.41. The number of nitrogens with one attached hydrogen (secondary N) is 4. The molecular weight excluding hydrogens is 410 g/mol. The van der Waals surface area contributed by atoms with Crippen molar-refractivity contribution in [1.29, 1.82) is 0 Å². The van der Waals surface area contributed by atoms with E-state index in [-0.39, 0.29) is 37.2 Å². The lowest BCUT2D eigenvalue weighted by Crippen LogP contribution is -2.51. The van der Waals surface area contributed by atoms with Crippen molar-refractivity contribution in [3.8, 4) is 0 Å². The highest BCUT2D eigenvalue weighted by Crippen LogP contribution is 2.34. The Bertz CT molecular complexity index is 882. The van der Waals surface area contributed by atoms with Crippen LogP contribution < -0.4 is 21.3 Å². The topological polar surface area (TPSA) is 95.2 Å². The summed E-state index contributed by atoms with van der Waals surface area (Å²) < 4.78 is 0. The van der Waals surface area contributed by atoms with Gasteiger partial charge in [0.05, 0.1) is 18.3 Å². The summed E-state index contributed by atoms with van der Waals surface area (Å²) in [6, 6.07) is 7.77. The van der Waals surface area contributed by atoms with Crippen molar-refractivity contribution in [3.05, 3.63) is 41.6 Å². The maximum absolute atomic E-state index is 12.8. The zero-order valence-electron chi connectivity index (χ0n) is 18.0. The minimum Gasteiger partial charge on any atom is -0.355 e. The average molecular weight is 446 g/mol. The van der Waals surface area contributed by atoms with Gasteiger partial charge in [0.1, 0.15) is 11.0 Å². The number of carbonyl (C=O) groups is 2. The van der Waals surface area contributed by atoms with E-state index in [0.29, 0.717) is 5.00 Å². The van der Waals surface area contributed by atoms with E-state index in [1.807, 2.05) is 13.8 Å². The van der Waals surface area contributed by atoms with E-state index in [4.69, 9.17) is 0 Å². The fourth-order valence-electron chi connectivity index (χ4n) is 3.60. The van der Waals surface area contributed by atoms with E-state index in [1.165, 1.54) is 22.5 Å². The molecule has 0 aliphatic heterocycles. The van der Waals surface area contributed by atoms with Gasteiger partial charge in [-0.3, -0.25) is 9.59 Å². The Morgan fingerprint density at radius 3 is 2.61 bits per heavy atom. The van der Waals surface area contributed by atoms with Crippen LogP contribution in [0.3, 0.4) is 0 Å². The number of fused-ring (bicyclic) bond motifs is 1. The lowest BCUT2D eigenvalue weighted by molar-refractivity contribution is -0.128. The van der Waals surface area contributed by atoms with Crippen LogP contribution in [0.25, 0.3) is 0 Å². The van der Waals surface area contributed by atoms with Gasteiger partial charge in [-0.25, -0.2) is 4.98 Å². The summed E-state index contributed by atoms with van der Waals surface area (Å²) in [4.78, 5) is 29.4. The van der Waals surface area contributed by atoms with Gasteiger partial charge in [-0.2, -0.15) is 0 Å². The van der Waals surface area contributed by atoms with E-state index in [9.17, 15) is 9.59 Å². The number of hydrogen-bond donors (Lipinski definition) is 4. The summed E-state index contributed by atoms with van der Waals surface area (Å²) in [5.41, 5.74) is 2.71. The maximum Gasteiger partial charge on any atom is 0.247 e. The summed E-state index contributed by atoms with van der Waals surface area (Å²) in [6.07, 6.45) is 4.98. The van der Waals surface area contributed by atoms with Crippen LogP contribution in [-0.4, -0.2) is 35.9 Å². The number of carbonyl (C=O) groups excluding carboxylic acids is 2. The molecular formula is C23H35N5O2S. The average Bonchev–Trinajstić information content (AvgIpc) is 3.17. The molecule has 0 bridgehead atoms. The van der Waals surface area contributed by atoms with Crippen molar-refractivity contribution >= 4 is 33.3 Å². The number of aryl methyl sites for hydroxylation is 1. The number of rotatable bonds is 8. The third kappa shape index (κ3) is 6.27. The smallest absolute Gasteiger partial charge is 0.247 e. The molecule has 170 valence electrons. The lowest BCUT2D eigenvalue weighted by atomic mass is 9.88. The van der Waals surface area contributed by atoms with Crippen molar-refractivity contribution in [2.24, 2.45) is 5.92 Å². The fraction of sp³-hybridized carbons (Fsp3) is 0.522. The quantitative estimate of drug-likeness (QED) is 0.493. The zero-order valence-corrected chi connectivity index (χ0v) is 18.8. The van der Waals surface area contributed by atoms with Crippen LogP contribution in [0.4, 0.5) is 10.1 Å². The third-order valence-corrected chi connectivity index (χ3v) is 6.34. The zero-order chi connectivity index (χ0) is 21.7. The first-order valence-electron chi connectivity index (χ1n) is 10.5. The van der Waals surface area contributed by atoms with Crippen LogP contribution in [0.1, 0.15) is 58.2 Å². The number of thiazole rings is 1. The van der Waals surface area contributed by atoms with Crippen LogP contribution in [0.2, 0.25) is 0 Å². The van der Waals surface area contributed by atoms with Gasteiger partial charge in [0.15, 0.2) is 5.13 Å². The minimum atomic E-state index is -0.614. The molecule has 0 radical (unpaired) electrons. The number of hydrogen-bond acceptors (Lipinski definition) is 6. The van der Waals surface area contributed by atoms with Gasteiger partial charge in [-0.05, 0) is 50.3 Å². The molecule has 0 fully saturated rings. The van der Waals surface area contributed by atoms with Gasteiger partial charge in [-0.1, -0.05) is 56.9 Å². The van der Waals surface area contributed by atoms with Crippen LogP contribution in [-0.2, 0) is 16.0 Å². The van der Waals surface area contributed by atoms with Gasteiger partial charge in [-0.15, -0.1) is 0 Å². The van der Waals surface area contributed by atoms with Crippen LogP contribution in [0.5, 0.6) is 0 Å². The number of benzene rings is 1. The van der Waals surface area contributed by atoms with Crippen molar-refractivity contribution in [3.63, 3.8) is 0 Å². The Morgan fingerprint density at radius 1 is 1.16 bits per heavy atom. The molecule has 0 saturated heterocycles. The highest BCUT2D eigenvalue weighted by molar-refractivity contribution is 7.19. The van der Waals surface area contributed by atoms with E-state index in [1.54, 1.807) is 20.2 Å². The second-order valence-electron chi connectivity index (χ2n) is 8.05. The van der Waals surface area contributed by atoms with E-state index < -0.39 is 6.04 Å². The molecule has 3 atom stereocenters. The molecule has 2 amide bonds. The molecule has 1 aromatic heterocycles. The first kappa shape index (κ1) is 24.8. The molecule has 1 heterocycles. The standard InChI is InChI=1S/C22H31N5O2S.CH4/c1-13(2)19(27-20(28)14(3)23-4)21(29)26-18-12-24-22(30-18)25-17-11-7-9-15-8-5-6-10-16(15)17;/h5-6,8,10,12-14,17,19,23H,7,9,11H2,1-4H3,(H,24,25)(H,26,29)(H,27,28);1H4. The molecule has 0 spiro atoms. The molecule has 1 aromatic carbocycles. The van der Waals surface area contributed by atoms with Crippen molar-refractivity contribution in [1.82, 2.24) is 15.6 Å². The second kappa shape index (κ2) is 11.2. The summed E-state index contributed by atoms with van der Waals surface area (Å²) in [7, 11) is 1.71. The monoisotopic (exact) mass is 445 g/mol. The Labute approximate surface area is 189 Å².